The molecule has 0 aliphatic carbocycles. The number of methoxy groups -OCH3 is 1. The van der Waals surface area contributed by atoms with Crippen molar-refractivity contribution in [1.82, 2.24) is 15.1 Å². The lowest BCUT2D eigenvalue weighted by Gasteiger charge is -2.62. The topological polar surface area (TPSA) is 153 Å². The number of phenolic OH excluding ortho intramolecular Hbond substituents is 1. The molecule has 0 saturated carbocycles. The van der Waals surface area contributed by atoms with Gasteiger partial charge in [0.1, 0.15) is 12.0 Å². The van der Waals surface area contributed by atoms with Crippen LogP contribution in [0.1, 0.15) is 79.4 Å². The zero-order chi connectivity index (χ0) is 36.4. The van der Waals surface area contributed by atoms with Crippen molar-refractivity contribution in [3.8, 4) is 28.7 Å². The van der Waals surface area contributed by atoms with Gasteiger partial charge in [0.25, 0.3) is 0 Å². The van der Waals surface area contributed by atoms with Crippen molar-refractivity contribution >= 4 is 17.7 Å². The molecule has 7 atom stereocenters. The van der Waals surface area contributed by atoms with Crippen LogP contribution in [0.3, 0.4) is 0 Å². The predicted octanol–water partition coefficient (Wildman–Crippen LogP) is 3.67. The summed E-state index contributed by atoms with van der Waals surface area (Å²) in [7, 11) is 3.60. The van der Waals surface area contributed by atoms with E-state index < -0.39 is 23.8 Å². The van der Waals surface area contributed by atoms with Crippen LogP contribution in [0, 0.1) is 20.8 Å². The van der Waals surface area contributed by atoms with Gasteiger partial charge in [-0.3, -0.25) is 15.1 Å². The Morgan fingerprint density at radius 2 is 1.83 bits per heavy atom. The van der Waals surface area contributed by atoms with Crippen LogP contribution in [0.5, 0.6) is 28.7 Å². The Kier molecular flexibility index (Phi) is 7.96. The summed E-state index contributed by atoms with van der Waals surface area (Å²) in [4.78, 5) is 18.9. The van der Waals surface area contributed by atoms with E-state index in [4.69, 9.17) is 18.9 Å². The van der Waals surface area contributed by atoms with E-state index in [1.165, 1.54) is 0 Å². The molecule has 3 aromatic rings. The number of thioether (sulfide) groups is 1. The summed E-state index contributed by atoms with van der Waals surface area (Å²) in [6, 6.07) is 4.09. The maximum atomic E-state index is 14.5. The van der Waals surface area contributed by atoms with Crippen LogP contribution in [0.15, 0.2) is 18.2 Å². The first-order valence-corrected chi connectivity index (χ1v) is 19.1. The largest absolute Gasteiger partial charge is 0.508 e. The number of carbonyl (C=O) groups is 1. The van der Waals surface area contributed by atoms with Gasteiger partial charge in [0, 0.05) is 52.7 Å². The van der Waals surface area contributed by atoms with Gasteiger partial charge in [-0.15, -0.1) is 11.8 Å². The van der Waals surface area contributed by atoms with Gasteiger partial charge in [0.15, 0.2) is 28.5 Å². The molecule has 0 radical (unpaired) electrons. The number of nitrogens with zero attached hydrogens (tertiary/aromatic N) is 2. The molecule has 276 valence electrons. The second kappa shape index (κ2) is 12.2. The molecule has 0 unspecified atom stereocenters. The van der Waals surface area contributed by atoms with Crippen molar-refractivity contribution in [3.63, 3.8) is 0 Å². The van der Waals surface area contributed by atoms with E-state index in [1.807, 2.05) is 20.9 Å². The summed E-state index contributed by atoms with van der Waals surface area (Å²) in [5, 5.41) is 48.6. The number of nitrogens with one attached hydrogen (secondary N) is 1. The monoisotopic (exact) mass is 731 g/mol. The van der Waals surface area contributed by atoms with Gasteiger partial charge >= 0.3 is 5.97 Å². The van der Waals surface area contributed by atoms with Gasteiger partial charge in [-0.2, -0.15) is 0 Å². The Morgan fingerprint density at radius 1 is 1.04 bits per heavy atom. The fraction of sp³-hybridized carbons (Fsp3) is 0.513. The van der Waals surface area contributed by atoms with Crippen molar-refractivity contribution in [2.75, 3.05) is 39.9 Å². The number of esters is 1. The molecular weight excluding hydrogens is 687 g/mol. The first-order chi connectivity index (χ1) is 25.0. The molecule has 10 rings (SSSR count). The third-order valence-corrected chi connectivity index (χ3v) is 14.2. The fourth-order valence-corrected chi connectivity index (χ4v) is 12.0. The molecule has 0 aromatic heterocycles. The average Bonchev–Trinajstić information content (AvgIpc) is 3.61. The molecule has 7 aliphatic rings. The summed E-state index contributed by atoms with van der Waals surface area (Å²) in [5.74, 6) is 1.77. The third kappa shape index (κ3) is 4.50. The highest BCUT2D eigenvalue weighted by Gasteiger charge is 2.60. The van der Waals surface area contributed by atoms with Gasteiger partial charge in [-0.1, -0.05) is 6.07 Å². The van der Waals surface area contributed by atoms with E-state index in [0.29, 0.717) is 54.2 Å². The quantitative estimate of drug-likeness (QED) is 0.244. The molecule has 3 aromatic carbocycles. The second-order valence-electron chi connectivity index (χ2n) is 15.1. The van der Waals surface area contributed by atoms with E-state index in [0.717, 1.165) is 44.5 Å². The van der Waals surface area contributed by atoms with E-state index >= 15 is 0 Å². The third-order valence-electron chi connectivity index (χ3n) is 12.7. The lowest BCUT2D eigenvalue weighted by Crippen LogP contribution is -2.69. The average molecular weight is 732 g/mol. The first kappa shape index (κ1) is 34.1. The molecule has 12 nitrogen and oxygen atoms in total. The van der Waals surface area contributed by atoms with Crippen LogP contribution in [0.4, 0.5) is 0 Å². The number of fused-ring (bicyclic) bond motifs is 10. The highest BCUT2D eigenvalue weighted by molar-refractivity contribution is 7.99. The first-order valence-electron chi connectivity index (χ1n) is 18.0. The number of piperazine rings is 1. The van der Waals surface area contributed by atoms with Crippen LogP contribution >= 0.6 is 11.8 Å². The molecule has 2 fully saturated rings. The normalized spacial score (nSPS) is 30.6. The number of hydrogen-bond acceptors (Lipinski definition) is 13. The van der Waals surface area contributed by atoms with E-state index in [9.17, 15) is 25.2 Å². The number of aromatic hydroxyl groups is 2. The SMILES string of the molecule is COc1c(C)cc2c(c1O)[C@@H]1[C@@H]3[C@@H]4SC[C@]5(NCCc6cc(O)c(CO)cc65)C(=O)OCC[C@@H](c5c6c(c(C)c(C)c54)OCO6)N3[C@@H](O)[C@H](C2)N1C. The molecule has 1 spiro atoms. The summed E-state index contributed by atoms with van der Waals surface area (Å²) in [5.41, 5.74) is 7.28. The number of aliphatic hydroxyl groups excluding tert-OH is 2. The number of aryl methyl sites for hydroxylation is 1. The molecule has 5 N–H and O–H groups in total. The van der Waals surface area contributed by atoms with E-state index in [-0.39, 0.29) is 60.6 Å². The van der Waals surface area contributed by atoms with Gasteiger partial charge in [0.2, 0.25) is 6.79 Å². The number of hydrogen-bond donors (Lipinski definition) is 5. The fourth-order valence-electron chi connectivity index (χ4n) is 10.2. The highest BCUT2D eigenvalue weighted by atomic mass is 32.2. The number of aliphatic hydroxyl groups is 2. The van der Waals surface area contributed by atoms with Crippen LogP contribution in [-0.4, -0.2) is 94.4 Å². The number of phenols is 2. The van der Waals surface area contributed by atoms with Gasteiger partial charge in [-0.05, 0) is 91.7 Å². The molecule has 4 bridgehead atoms. The maximum absolute atomic E-state index is 14.5. The molecule has 2 saturated heterocycles. The van der Waals surface area contributed by atoms with Gasteiger partial charge in [-0.25, -0.2) is 4.79 Å². The Bertz CT molecular complexity index is 2020. The standard InChI is InChI=1S/C39H45N3O9S/c1-17-10-21-12-25-37(46)42-24-7-9-49-38(47)39(23-11-22(14-43)26(44)13-20(23)6-8-40-39)15-52-36(27-18(2)19(3)34-35(29(24)27)51-16-50-34)31(42)30(41(25)4)28(21)32(45)33(17)48-5/h10-11,13,24-25,30-31,36-37,40,43-46H,6-9,12,14-16H2,1-5H3/t24-,25-,30+,31+,36+,37-,39+/m0/s1. The number of ether oxygens (including phenoxy) is 4. The van der Waals surface area contributed by atoms with Crippen molar-refractivity contribution in [3.05, 3.63) is 73.8 Å². The Labute approximate surface area is 306 Å². The van der Waals surface area contributed by atoms with Crippen LogP contribution in [0.2, 0.25) is 0 Å². The number of carbonyl (C=O) groups excluding carboxylic acids is 1. The van der Waals surface area contributed by atoms with Crippen molar-refractivity contribution in [1.29, 1.82) is 0 Å². The molecular formula is C39H45N3O9S. The zero-order valence-electron chi connectivity index (χ0n) is 30.0. The molecule has 13 heteroatoms. The summed E-state index contributed by atoms with van der Waals surface area (Å²) in [6.07, 6.45) is 0.616. The smallest absolute Gasteiger partial charge is 0.331 e. The summed E-state index contributed by atoms with van der Waals surface area (Å²) in [6.45, 7) is 6.37. The number of rotatable bonds is 2. The van der Waals surface area contributed by atoms with E-state index in [1.54, 1.807) is 31.0 Å². The van der Waals surface area contributed by atoms with Crippen molar-refractivity contribution < 1.29 is 44.2 Å². The van der Waals surface area contributed by atoms with Gasteiger partial charge < -0.3 is 39.4 Å². The summed E-state index contributed by atoms with van der Waals surface area (Å²) < 4.78 is 24.3. The van der Waals surface area contributed by atoms with Crippen molar-refractivity contribution in [2.24, 2.45) is 0 Å². The Morgan fingerprint density at radius 3 is 2.60 bits per heavy atom. The Hall–Kier alpha value is -3.72. The summed E-state index contributed by atoms with van der Waals surface area (Å²) >= 11 is 1.62. The molecule has 0 amide bonds. The van der Waals surface area contributed by atoms with E-state index in [2.05, 4.69) is 28.1 Å². The second-order valence-corrected chi connectivity index (χ2v) is 16.2. The minimum absolute atomic E-state index is 0.00316. The lowest BCUT2D eigenvalue weighted by atomic mass is 9.72. The van der Waals surface area contributed by atoms with Crippen molar-refractivity contribution in [2.45, 2.75) is 87.8 Å². The number of likely N-dealkylation sites (N-methyl/N-ethyl adjacent to an activating group) is 1. The lowest BCUT2D eigenvalue weighted by molar-refractivity contribution is -0.176. The minimum Gasteiger partial charge on any atom is -0.508 e. The minimum atomic E-state index is -1.28. The molecule has 7 aliphatic heterocycles. The maximum Gasteiger partial charge on any atom is 0.331 e. The number of benzene rings is 3. The van der Waals surface area contributed by atoms with Gasteiger partial charge in [0.05, 0.1) is 32.4 Å². The van der Waals surface area contributed by atoms with Crippen LogP contribution in [-0.2, 0) is 34.5 Å². The van der Waals surface area contributed by atoms with Crippen LogP contribution < -0.4 is 19.5 Å². The molecule has 7 heterocycles. The highest BCUT2D eigenvalue weighted by Crippen LogP contribution is 2.63. The molecule has 52 heavy (non-hydrogen) atoms. The van der Waals surface area contributed by atoms with Crippen LogP contribution in [0.25, 0.3) is 0 Å². The predicted molar refractivity (Wildman–Crippen MR) is 192 cm³/mol. The zero-order valence-corrected chi connectivity index (χ0v) is 30.8. The Balaban J connectivity index is 1.30.